The van der Waals surface area contributed by atoms with E-state index in [-0.39, 0.29) is 20.1 Å². The number of carbonyl (C=O) groups excluding carboxylic acids is 1. The highest BCUT2D eigenvalue weighted by Crippen LogP contribution is 2.34. The van der Waals surface area contributed by atoms with E-state index < -0.39 is 10.8 Å². The molecule has 2 rings (SSSR count). The van der Waals surface area contributed by atoms with Gasteiger partial charge >= 0.3 is 0 Å². The van der Waals surface area contributed by atoms with E-state index in [9.17, 15) is 14.9 Å². The number of halogens is 2. The fraction of sp³-hybridized carbons (Fsp3) is 0. The second-order valence-electron chi connectivity index (χ2n) is 3.32. The number of rotatable bonds is 3. The highest BCUT2D eigenvalue weighted by molar-refractivity contribution is 7.18. The lowest BCUT2D eigenvalue weighted by molar-refractivity contribution is -0.384. The molecule has 98 valence electrons. The van der Waals surface area contributed by atoms with Crippen molar-refractivity contribution in [1.29, 1.82) is 0 Å². The molecule has 2 heterocycles. The molecule has 1 N–H and O–H groups in total. The van der Waals surface area contributed by atoms with E-state index in [4.69, 9.17) is 23.2 Å². The van der Waals surface area contributed by atoms with Gasteiger partial charge in [-0.05, 0) is 12.1 Å². The zero-order chi connectivity index (χ0) is 14.0. The van der Waals surface area contributed by atoms with Gasteiger partial charge in [0.05, 0.1) is 10.6 Å². The molecule has 2 aromatic heterocycles. The molecule has 0 radical (unpaired) electrons. The van der Waals surface area contributed by atoms with Crippen molar-refractivity contribution in [2.24, 2.45) is 0 Å². The molecule has 0 aliphatic carbocycles. The van der Waals surface area contributed by atoms with Gasteiger partial charge in [0, 0.05) is 12.3 Å². The molecule has 0 aliphatic rings. The molecule has 0 aliphatic heterocycles. The molecule has 19 heavy (non-hydrogen) atoms. The second-order valence-corrected chi connectivity index (χ2v) is 5.33. The first-order valence-electron chi connectivity index (χ1n) is 4.84. The number of nitrogens with zero attached hydrogens (tertiary/aromatic N) is 2. The molecule has 6 nitrogen and oxygen atoms in total. The van der Waals surface area contributed by atoms with Gasteiger partial charge < -0.3 is 5.32 Å². The molecule has 0 fully saturated rings. The number of nitrogens with one attached hydrogen (secondary N) is 1. The Kier molecular flexibility index (Phi) is 3.98. The number of hydrogen-bond donors (Lipinski definition) is 1. The number of carbonyl (C=O) groups is 1. The van der Waals surface area contributed by atoms with Crippen LogP contribution in [-0.2, 0) is 0 Å². The van der Waals surface area contributed by atoms with E-state index in [1.54, 1.807) is 12.1 Å². The number of nitro groups is 1. The van der Waals surface area contributed by atoms with Crippen molar-refractivity contribution < 1.29 is 9.72 Å². The monoisotopic (exact) mass is 317 g/mol. The summed E-state index contributed by atoms with van der Waals surface area (Å²) in [5.74, 6) is -0.532. The number of hydrogen-bond acceptors (Lipinski definition) is 5. The molecule has 0 saturated carbocycles. The van der Waals surface area contributed by atoms with Gasteiger partial charge in [0.15, 0.2) is 9.49 Å². The number of aromatic nitrogens is 1. The lowest BCUT2D eigenvalue weighted by atomic mass is 10.3. The minimum absolute atomic E-state index is 0.0487. The van der Waals surface area contributed by atoms with E-state index in [2.05, 4.69) is 10.3 Å². The van der Waals surface area contributed by atoms with Crippen LogP contribution in [0, 0.1) is 10.1 Å². The van der Waals surface area contributed by atoms with Crippen molar-refractivity contribution >= 4 is 51.8 Å². The van der Waals surface area contributed by atoms with Gasteiger partial charge in [-0.3, -0.25) is 14.9 Å². The Morgan fingerprint density at radius 2 is 2.21 bits per heavy atom. The zero-order valence-electron chi connectivity index (χ0n) is 9.09. The predicted octanol–water partition coefficient (Wildman–Crippen LogP) is 3.61. The van der Waals surface area contributed by atoms with Crippen molar-refractivity contribution in [1.82, 2.24) is 4.98 Å². The summed E-state index contributed by atoms with van der Waals surface area (Å²) in [5.41, 5.74) is 0.0236. The molecule has 0 spiro atoms. The molecule has 2 aromatic rings. The zero-order valence-corrected chi connectivity index (χ0v) is 11.4. The van der Waals surface area contributed by atoms with Crippen molar-refractivity contribution in [2.75, 3.05) is 5.32 Å². The summed E-state index contributed by atoms with van der Waals surface area (Å²) in [6.45, 7) is 0. The van der Waals surface area contributed by atoms with E-state index in [0.717, 1.165) is 17.4 Å². The molecule has 9 heteroatoms. The average molecular weight is 318 g/mol. The summed E-state index contributed by atoms with van der Waals surface area (Å²) >= 11 is 12.3. The highest BCUT2D eigenvalue weighted by atomic mass is 35.5. The van der Waals surface area contributed by atoms with Crippen LogP contribution >= 0.6 is 34.5 Å². The maximum Gasteiger partial charge on any atom is 0.299 e. The molecule has 0 saturated heterocycles. The third-order valence-electron chi connectivity index (χ3n) is 2.10. The molecular formula is C10H5Cl2N3O3S. The molecular weight excluding hydrogens is 313 g/mol. The standard InChI is InChI=1S/C10H5Cl2N3O3S/c11-8-5(2-1-3-13-8)14-10(16)7-4-6(15(17)18)9(12)19-7/h1-4H,(H,14,16). The van der Waals surface area contributed by atoms with Gasteiger partial charge in [-0.25, -0.2) is 4.98 Å². The van der Waals surface area contributed by atoms with Crippen LogP contribution in [0.5, 0.6) is 0 Å². The lowest BCUT2D eigenvalue weighted by Gasteiger charge is -2.03. The van der Waals surface area contributed by atoms with E-state index in [1.807, 2.05) is 0 Å². The second kappa shape index (κ2) is 5.52. The smallest absolute Gasteiger partial charge is 0.299 e. The van der Waals surface area contributed by atoms with Crippen molar-refractivity contribution in [3.8, 4) is 0 Å². The van der Waals surface area contributed by atoms with Gasteiger partial charge in [0.25, 0.3) is 11.6 Å². The minimum Gasteiger partial charge on any atom is -0.319 e. The van der Waals surface area contributed by atoms with Crippen molar-refractivity contribution in [2.45, 2.75) is 0 Å². The quantitative estimate of drug-likeness (QED) is 0.532. The molecule has 1 amide bonds. The number of thiophene rings is 1. The van der Waals surface area contributed by atoms with Crippen LogP contribution in [0.2, 0.25) is 9.49 Å². The van der Waals surface area contributed by atoms with E-state index in [1.165, 1.54) is 6.20 Å². The Bertz CT molecular complexity index is 659. The Morgan fingerprint density at radius 3 is 2.79 bits per heavy atom. The molecule has 0 unspecified atom stereocenters. The number of anilines is 1. The summed E-state index contributed by atoms with van der Waals surface area (Å²) in [7, 11) is 0. The first kappa shape index (κ1) is 13.7. The largest absolute Gasteiger partial charge is 0.319 e. The predicted molar refractivity (Wildman–Crippen MR) is 73.2 cm³/mol. The Morgan fingerprint density at radius 1 is 1.47 bits per heavy atom. The maximum atomic E-state index is 11.9. The van der Waals surface area contributed by atoms with Gasteiger partial charge in [-0.2, -0.15) is 0 Å². The Labute approximate surface area is 121 Å². The van der Waals surface area contributed by atoms with Crippen molar-refractivity contribution in [3.63, 3.8) is 0 Å². The summed E-state index contributed by atoms with van der Waals surface area (Å²) < 4.78 is -0.0487. The van der Waals surface area contributed by atoms with Crippen molar-refractivity contribution in [3.05, 3.63) is 48.9 Å². The van der Waals surface area contributed by atoms with Gasteiger partial charge in [0.1, 0.15) is 4.88 Å². The van der Waals surface area contributed by atoms with Crippen LogP contribution in [0.1, 0.15) is 9.67 Å². The van der Waals surface area contributed by atoms with E-state index >= 15 is 0 Å². The van der Waals surface area contributed by atoms with Crippen LogP contribution in [0.4, 0.5) is 11.4 Å². The van der Waals surface area contributed by atoms with Crippen LogP contribution in [0.3, 0.4) is 0 Å². The fourth-order valence-corrected chi connectivity index (χ4v) is 2.54. The number of pyridine rings is 1. The lowest BCUT2D eigenvalue weighted by Crippen LogP contribution is -2.10. The van der Waals surface area contributed by atoms with Gasteiger partial charge in [-0.15, -0.1) is 11.3 Å². The molecule has 0 bridgehead atoms. The molecule has 0 aromatic carbocycles. The molecule has 0 atom stereocenters. The van der Waals surface area contributed by atoms with Crippen LogP contribution in [0.25, 0.3) is 0 Å². The summed E-state index contributed by atoms with van der Waals surface area (Å²) in [4.78, 5) is 25.8. The number of amides is 1. The van der Waals surface area contributed by atoms with Gasteiger partial charge in [0.2, 0.25) is 0 Å². The van der Waals surface area contributed by atoms with Gasteiger partial charge in [-0.1, -0.05) is 23.2 Å². The summed E-state index contributed by atoms with van der Waals surface area (Å²) in [6.07, 6.45) is 1.48. The minimum atomic E-state index is -0.646. The SMILES string of the molecule is O=C(Nc1cccnc1Cl)c1cc([N+](=O)[O-])c(Cl)s1. The third kappa shape index (κ3) is 3.01. The summed E-state index contributed by atoms with van der Waals surface area (Å²) in [5, 5.41) is 13.3. The third-order valence-corrected chi connectivity index (χ3v) is 3.73. The summed E-state index contributed by atoms with van der Waals surface area (Å²) in [6, 6.07) is 4.29. The maximum absolute atomic E-state index is 11.9. The topological polar surface area (TPSA) is 85.1 Å². The average Bonchev–Trinajstić information content (AvgIpc) is 2.74. The fourth-order valence-electron chi connectivity index (χ4n) is 1.26. The normalized spacial score (nSPS) is 10.2. The Balaban J connectivity index is 2.24. The Hall–Kier alpha value is -1.70. The van der Waals surface area contributed by atoms with Crippen LogP contribution in [0.15, 0.2) is 24.4 Å². The first-order valence-corrected chi connectivity index (χ1v) is 6.42. The van der Waals surface area contributed by atoms with E-state index in [0.29, 0.717) is 5.69 Å². The first-order chi connectivity index (χ1) is 8.99. The van der Waals surface area contributed by atoms with Crippen LogP contribution in [-0.4, -0.2) is 15.8 Å². The van der Waals surface area contributed by atoms with Crippen LogP contribution < -0.4 is 5.32 Å². The highest BCUT2D eigenvalue weighted by Gasteiger charge is 2.21.